The molecule has 136 valence electrons. The first-order valence-electron chi connectivity index (χ1n) is 8.84. The summed E-state index contributed by atoms with van der Waals surface area (Å²) in [4.78, 5) is 11.2. The molecule has 1 aliphatic heterocycles. The molecule has 0 radical (unpaired) electrons. The van der Waals surface area contributed by atoms with Crippen molar-refractivity contribution in [3.8, 4) is 0 Å². The fraction of sp³-hybridized carbons (Fsp3) is 0.667. The van der Waals surface area contributed by atoms with Crippen LogP contribution >= 0.6 is 24.0 Å². The third-order valence-electron chi connectivity index (χ3n) is 4.32. The van der Waals surface area contributed by atoms with Crippen molar-refractivity contribution in [1.82, 2.24) is 20.5 Å². The number of unbranched alkanes of at least 4 members (excludes halogenated alkanes) is 1. The van der Waals surface area contributed by atoms with Crippen molar-refractivity contribution in [3.05, 3.63) is 30.1 Å². The molecule has 1 aromatic heterocycles. The lowest BCUT2D eigenvalue weighted by Gasteiger charge is -2.30. The largest absolute Gasteiger partial charge is 0.356 e. The number of pyridine rings is 1. The number of hydrogen-bond acceptors (Lipinski definition) is 3. The fourth-order valence-corrected chi connectivity index (χ4v) is 3.05. The summed E-state index contributed by atoms with van der Waals surface area (Å²) in [6.07, 6.45) is 7.00. The number of likely N-dealkylation sites (tertiary alicyclic amines) is 1. The summed E-state index contributed by atoms with van der Waals surface area (Å²) in [5.41, 5.74) is 1.02. The average molecular weight is 445 g/mol. The van der Waals surface area contributed by atoms with E-state index in [2.05, 4.69) is 32.4 Å². The third kappa shape index (κ3) is 8.28. The molecular weight excluding hydrogens is 413 g/mol. The van der Waals surface area contributed by atoms with E-state index < -0.39 is 0 Å². The molecule has 24 heavy (non-hydrogen) atoms. The molecule has 1 aliphatic rings. The van der Waals surface area contributed by atoms with Gasteiger partial charge in [0, 0.05) is 26.3 Å². The first-order chi connectivity index (χ1) is 11.3. The Morgan fingerprint density at radius 3 is 2.92 bits per heavy atom. The first-order valence-corrected chi connectivity index (χ1v) is 8.84. The van der Waals surface area contributed by atoms with E-state index in [1.165, 1.54) is 45.3 Å². The van der Waals surface area contributed by atoms with Crippen LogP contribution in [0, 0.1) is 5.92 Å². The van der Waals surface area contributed by atoms with Crippen molar-refractivity contribution >= 4 is 29.9 Å². The Balaban J connectivity index is 0.00000288. The van der Waals surface area contributed by atoms with Gasteiger partial charge in [-0.25, -0.2) is 0 Å². The number of nitrogens with one attached hydrogen (secondary N) is 2. The summed E-state index contributed by atoms with van der Waals surface area (Å²) in [6, 6.07) is 5.95. The smallest absolute Gasteiger partial charge is 0.191 e. The van der Waals surface area contributed by atoms with Gasteiger partial charge in [-0.3, -0.25) is 9.98 Å². The Labute approximate surface area is 163 Å². The Hall–Kier alpha value is -0.890. The highest BCUT2D eigenvalue weighted by atomic mass is 127. The van der Waals surface area contributed by atoms with Crippen molar-refractivity contribution in [3.63, 3.8) is 0 Å². The Bertz CT molecular complexity index is 466. The quantitative estimate of drug-likeness (QED) is 0.293. The highest BCUT2D eigenvalue weighted by molar-refractivity contribution is 14.0. The van der Waals surface area contributed by atoms with Crippen molar-refractivity contribution < 1.29 is 0 Å². The molecule has 0 aromatic carbocycles. The minimum atomic E-state index is 0. The predicted octanol–water partition coefficient (Wildman–Crippen LogP) is 2.88. The van der Waals surface area contributed by atoms with Gasteiger partial charge in [-0.2, -0.15) is 0 Å². The van der Waals surface area contributed by atoms with Crippen LogP contribution in [0.2, 0.25) is 0 Å². The molecule has 2 N–H and O–H groups in total. The van der Waals surface area contributed by atoms with Crippen LogP contribution in [0.3, 0.4) is 0 Å². The second kappa shape index (κ2) is 12.5. The van der Waals surface area contributed by atoms with Crippen molar-refractivity contribution in [2.24, 2.45) is 10.9 Å². The van der Waals surface area contributed by atoms with Crippen LogP contribution in [-0.2, 0) is 6.54 Å². The van der Waals surface area contributed by atoms with Crippen LogP contribution in [0.1, 0.15) is 38.3 Å². The maximum Gasteiger partial charge on any atom is 0.191 e. The highest BCUT2D eigenvalue weighted by Crippen LogP contribution is 2.15. The van der Waals surface area contributed by atoms with Gasteiger partial charge in [0.2, 0.25) is 0 Å². The maximum absolute atomic E-state index is 4.30. The van der Waals surface area contributed by atoms with Gasteiger partial charge < -0.3 is 15.5 Å². The van der Waals surface area contributed by atoms with Crippen molar-refractivity contribution in [2.75, 3.05) is 33.2 Å². The lowest BCUT2D eigenvalue weighted by Crippen LogP contribution is -2.38. The Morgan fingerprint density at radius 2 is 2.21 bits per heavy atom. The zero-order valence-corrected chi connectivity index (χ0v) is 17.3. The molecule has 5 nitrogen and oxygen atoms in total. The highest BCUT2D eigenvalue weighted by Gasteiger charge is 2.15. The molecule has 6 heteroatoms. The van der Waals surface area contributed by atoms with Crippen LogP contribution in [0.25, 0.3) is 0 Å². The third-order valence-corrected chi connectivity index (χ3v) is 4.32. The molecule has 0 spiro atoms. The van der Waals surface area contributed by atoms with E-state index in [1.807, 2.05) is 31.4 Å². The molecular formula is C18H32IN5. The number of halogens is 1. The molecule has 0 bridgehead atoms. The lowest BCUT2D eigenvalue weighted by atomic mass is 10.0. The second-order valence-corrected chi connectivity index (χ2v) is 6.43. The van der Waals surface area contributed by atoms with E-state index in [0.717, 1.165) is 24.1 Å². The summed E-state index contributed by atoms with van der Waals surface area (Å²) < 4.78 is 0. The van der Waals surface area contributed by atoms with E-state index in [0.29, 0.717) is 6.54 Å². The lowest BCUT2D eigenvalue weighted by molar-refractivity contribution is 0.181. The molecule has 0 amide bonds. The normalized spacial score (nSPS) is 18.8. The standard InChI is InChI=1S/C18H31N5.HI/c1-16-8-7-13-23(15-16)12-6-5-11-21-18(19-2)22-14-17-9-3-4-10-20-17;/h3-4,9-10,16H,5-8,11-15H2,1-2H3,(H2,19,21,22);1H. The maximum atomic E-state index is 4.30. The molecule has 0 saturated carbocycles. The summed E-state index contributed by atoms with van der Waals surface area (Å²) in [5.74, 6) is 1.72. The zero-order valence-electron chi connectivity index (χ0n) is 15.0. The fourth-order valence-electron chi connectivity index (χ4n) is 3.05. The molecule has 0 aliphatic carbocycles. The zero-order chi connectivity index (χ0) is 16.3. The van der Waals surface area contributed by atoms with Gasteiger partial charge in [0.05, 0.1) is 12.2 Å². The monoisotopic (exact) mass is 445 g/mol. The number of rotatable bonds is 7. The SMILES string of the molecule is CN=C(NCCCCN1CCCC(C)C1)NCc1ccccn1.I. The van der Waals surface area contributed by atoms with Gasteiger partial charge in [0.15, 0.2) is 5.96 Å². The van der Waals surface area contributed by atoms with Crippen molar-refractivity contribution in [2.45, 2.75) is 39.2 Å². The van der Waals surface area contributed by atoms with Gasteiger partial charge in [-0.1, -0.05) is 13.0 Å². The number of piperidine rings is 1. The first kappa shape index (κ1) is 21.2. The summed E-state index contributed by atoms with van der Waals surface area (Å²) in [5, 5.41) is 6.68. The van der Waals surface area contributed by atoms with E-state index in [4.69, 9.17) is 0 Å². The summed E-state index contributed by atoms with van der Waals surface area (Å²) in [7, 11) is 1.81. The van der Waals surface area contributed by atoms with Crippen LogP contribution in [0.5, 0.6) is 0 Å². The van der Waals surface area contributed by atoms with Crippen LogP contribution in [0.4, 0.5) is 0 Å². The summed E-state index contributed by atoms with van der Waals surface area (Å²) in [6.45, 7) is 7.82. The van der Waals surface area contributed by atoms with E-state index in [9.17, 15) is 0 Å². The topological polar surface area (TPSA) is 52.6 Å². The minimum absolute atomic E-state index is 0. The van der Waals surface area contributed by atoms with Crippen LogP contribution in [0.15, 0.2) is 29.4 Å². The predicted molar refractivity (Wildman–Crippen MR) is 112 cm³/mol. The number of aromatic nitrogens is 1. The Morgan fingerprint density at radius 1 is 1.33 bits per heavy atom. The van der Waals surface area contributed by atoms with Gasteiger partial charge in [0.1, 0.15) is 0 Å². The van der Waals surface area contributed by atoms with Gasteiger partial charge in [0.25, 0.3) is 0 Å². The second-order valence-electron chi connectivity index (χ2n) is 6.43. The number of aliphatic imine (C=N–C) groups is 1. The van der Waals surface area contributed by atoms with Crippen molar-refractivity contribution in [1.29, 1.82) is 0 Å². The minimum Gasteiger partial charge on any atom is -0.356 e. The molecule has 2 rings (SSSR count). The van der Waals surface area contributed by atoms with E-state index in [-0.39, 0.29) is 24.0 Å². The van der Waals surface area contributed by atoms with Gasteiger partial charge in [-0.15, -0.1) is 24.0 Å². The molecule has 1 aromatic rings. The van der Waals surface area contributed by atoms with Crippen LogP contribution < -0.4 is 10.6 Å². The summed E-state index contributed by atoms with van der Waals surface area (Å²) >= 11 is 0. The molecule has 1 fully saturated rings. The molecule has 1 atom stereocenters. The number of nitrogens with zero attached hydrogens (tertiary/aromatic N) is 3. The van der Waals surface area contributed by atoms with E-state index >= 15 is 0 Å². The molecule has 1 saturated heterocycles. The number of hydrogen-bond donors (Lipinski definition) is 2. The van der Waals surface area contributed by atoms with Gasteiger partial charge >= 0.3 is 0 Å². The van der Waals surface area contributed by atoms with Gasteiger partial charge in [-0.05, 0) is 56.8 Å². The molecule has 2 heterocycles. The average Bonchev–Trinajstić information content (AvgIpc) is 2.58. The number of guanidine groups is 1. The molecule has 1 unspecified atom stereocenters. The van der Waals surface area contributed by atoms with Crippen LogP contribution in [-0.4, -0.2) is 49.1 Å². The van der Waals surface area contributed by atoms with E-state index in [1.54, 1.807) is 0 Å². The Kier molecular flexibility index (Phi) is 11.0.